The number of aryl methyl sites for hydroxylation is 1. The van der Waals surface area contributed by atoms with Crippen molar-refractivity contribution in [3.05, 3.63) is 51.4 Å². The van der Waals surface area contributed by atoms with Gasteiger partial charge in [0.1, 0.15) is 16.8 Å². The van der Waals surface area contributed by atoms with Crippen LogP contribution in [0, 0.1) is 0 Å². The number of nitrogens with zero attached hydrogens (tertiary/aromatic N) is 2. The van der Waals surface area contributed by atoms with Gasteiger partial charge in [-0.2, -0.15) is 5.10 Å². The summed E-state index contributed by atoms with van der Waals surface area (Å²) in [5, 5.41) is 7.28. The summed E-state index contributed by atoms with van der Waals surface area (Å²) in [6, 6.07) is 9.61. The number of para-hydroxylation sites is 1. The Hall–Kier alpha value is -1.82. The molecule has 0 bridgehead atoms. The fourth-order valence-electron chi connectivity index (χ4n) is 1.83. The Morgan fingerprint density at radius 2 is 2.10 bits per heavy atom. The fraction of sp³-hybridized carbons (Fsp3) is 0.333. The minimum absolute atomic E-state index is 0.120. The van der Waals surface area contributed by atoms with Gasteiger partial charge in [-0.25, -0.2) is 4.68 Å². The molecule has 1 aromatic heterocycles. The van der Waals surface area contributed by atoms with E-state index >= 15 is 0 Å². The van der Waals surface area contributed by atoms with Crippen LogP contribution in [0.2, 0.25) is 0 Å². The zero-order valence-corrected chi connectivity index (χ0v) is 13.5. The number of ether oxygens (including phenoxy) is 1. The minimum atomic E-state index is -0.120. The van der Waals surface area contributed by atoms with E-state index in [4.69, 9.17) is 4.74 Å². The van der Waals surface area contributed by atoms with Crippen molar-refractivity contribution in [1.29, 1.82) is 0 Å². The van der Waals surface area contributed by atoms with Gasteiger partial charge in [-0.15, -0.1) is 0 Å². The maximum atomic E-state index is 12.0. The molecule has 0 amide bonds. The van der Waals surface area contributed by atoms with Gasteiger partial charge in [0, 0.05) is 13.1 Å². The Balaban J connectivity index is 1.89. The van der Waals surface area contributed by atoms with Crippen LogP contribution in [-0.4, -0.2) is 22.9 Å². The lowest BCUT2D eigenvalue weighted by Crippen LogP contribution is -2.25. The van der Waals surface area contributed by atoms with Crippen molar-refractivity contribution in [2.75, 3.05) is 18.5 Å². The molecule has 1 aromatic carbocycles. The molecule has 1 heterocycles. The highest BCUT2D eigenvalue weighted by Crippen LogP contribution is 2.16. The first-order valence-electron chi connectivity index (χ1n) is 6.89. The van der Waals surface area contributed by atoms with Gasteiger partial charge in [-0.1, -0.05) is 25.1 Å². The summed E-state index contributed by atoms with van der Waals surface area (Å²) in [5.74, 6) is 0.829. The monoisotopic (exact) mass is 351 g/mol. The van der Waals surface area contributed by atoms with Gasteiger partial charge in [0.05, 0.1) is 11.9 Å². The number of hydrogen-bond donors (Lipinski definition) is 1. The Morgan fingerprint density at radius 3 is 2.81 bits per heavy atom. The van der Waals surface area contributed by atoms with Gasteiger partial charge < -0.3 is 10.1 Å². The van der Waals surface area contributed by atoms with E-state index in [0.717, 1.165) is 12.2 Å². The van der Waals surface area contributed by atoms with Crippen molar-refractivity contribution >= 4 is 21.6 Å². The van der Waals surface area contributed by atoms with E-state index in [1.807, 2.05) is 37.3 Å². The molecule has 112 valence electrons. The van der Waals surface area contributed by atoms with E-state index in [9.17, 15) is 4.79 Å². The summed E-state index contributed by atoms with van der Waals surface area (Å²) in [6.45, 7) is 3.73. The van der Waals surface area contributed by atoms with Gasteiger partial charge in [0.2, 0.25) is 0 Å². The highest BCUT2D eigenvalue weighted by molar-refractivity contribution is 9.10. The summed E-state index contributed by atoms with van der Waals surface area (Å²) >= 11 is 3.32. The molecular formula is C15H18BrN3O2. The van der Waals surface area contributed by atoms with Gasteiger partial charge in [0.15, 0.2) is 0 Å². The van der Waals surface area contributed by atoms with Crippen molar-refractivity contribution in [1.82, 2.24) is 9.78 Å². The molecule has 0 aliphatic heterocycles. The maximum Gasteiger partial charge on any atom is 0.283 e. The van der Waals surface area contributed by atoms with Crippen LogP contribution in [0.3, 0.4) is 0 Å². The van der Waals surface area contributed by atoms with Crippen LogP contribution in [0.15, 0.2) is 45.8 Å². The Labute approximate surface area is 132 Å². The summed E-state index contributed by atoms with van der Waals surface area (Å²) in [6.07, 6.45) is 2.53. The molecule has 0 saturated heterocycles. The molecule has 0 spiro atoms. The molecule has 0 fully saturated rings. The molecule has 0 radical (unpaired) electrons. The molecule has 5 nitrogen and oxygen atoms in total. The number of hydrogen-bond acceptors (Lipinski definition) is 4. The second-order valence-corrected chi connectivity index (χ2v) is 5.28. The zero-order valence-electron chi connectivity index (χ0n) is 11.9. The molecule has 6 heteroatoms. The molecule has 2 rings (SSSR count). The molecule has 0 unspecified atom stereocenters. The largest absolute Gasteiger partial charge is 0.492 e. The van der Waals surface area contributed by atoms with E-state index in [1.165, 1.54) is 4.68 Å². The first-order valence-corrected chi connectivity index (χ1v) is 7.69. The number of nitrogens with one attached hydrogen (secondary N) is 1. The number of halogens is 1. The van der Waals surface area contributed by atoms with Crippen molar-refractivity contribution in [3.8, 4) is 5.75 Å². The molecule has 2 aromatic rings. The predicted octanol–water partition coefficient (Wildman–Crippen LogP) is 2.91. The Morgan fingerprint density at radius 1 is 1.33 bits per heavy atom. The molecule has 0 aliphatic rings. The summed E-state index contributed by atoms with van der Waals surface area (Å²) in [5.41, 5.74) is 0.565. The van der Waals surface area contributed by atoms with E-state index in [-0.39, 0.29) is 5.56 Å². The first kappa shape index (κ1) is 15.6. The lowest BCUT2D eigenvalue weighted by molar-refractivity contribution is 0.333. The molecule has 1 N–H and O–H groups in total. The predicted molar refractivity (Wildman–Crippen MR) is 86.9 cm³/mol. The third kappa shape index (κ3) is 4.32. The Kier molecular flexibility index (Phi) is 5.80. The van der Waals surface area contributed by atoms with Gasteiger partial charge in [-0.05, 0) is 34.5 Å². The van der Waals surface area contributed by atoms with Crippen molar-refractivity contribution in [2.24, 2.45) is 0 Å². The maximum absolute atomic E-state index is 12.0. The number of aromatic nitrogens is 2. The molecule has 0 atom stereocenters. The Bertz CT molecular complexity index is 629. The van der Waals surface area contributed by atoms with Crippen LogP contribution in [0.5, 0.6) is 5.75 Å². The lowest BCUT2D eigenvalue weighted by atomic mass is 10.3. The average molecular weight is 352 g/mol. The number of anilines is 1. The summed E-state index contributed by atoms with van der Waals surface area (Å²) in [4.78, 5) is 12.0. The second kappa shape index (κ2) is 7.83. The van der Waals surface area contributed by atoms with E-state index < -0.39 is 0 Å². The van der Waals surface area contributed by atoms with E-state index in [0.29, 0.717) is 29.9 Å². The summed E-state index contributed by atoms with van der Waals surface area (Å²) in [7, 11) is 0. The van der Waals surface area contributed by atoms with E-state index in [2.05, 4.69) is 26.3 Å². The standard InChI is InChI=1S/C15H18BrN3O2/c1-2-9-19-15(20)14(16)13(11-18-19)17-8-10-21-12-6-4-3-5-7-12/h3-7,11,17H,2,8-10H2,1H3. The van der Waals surface area contributed by atoms with Crippen LogP contribution < -0.4 is 15.6 Å². The van der Waals surface area contributed by atoms with Crippen LogP contribution in [0.25, 0.3) is 0 Å². The third-order valence-corrected chi connectivity index (χ3v) is 3.62. The molecule has 0 saturated carbocycles. The SMILES string of the molecule is CCCn1ncc(NCCOc2ccccc2)c(Br)c1=O. The first-order chi connectivity index (χ1) is 10.2. The minimum Gasteiger partial charge on any atom is -0.492 e. The highest BCUT2D eigenvalue weighted by atomic mass is 79.9. The van der Waals surface area contributed by atoms with Crippen LogP contribution in [0.4, 0.5) is 5.69 Å². The van der Waals surface area contributed by atoms with Crippen LogP contribution in [-0.2, 0) is 6.54 Å². The molecule has 0 aliphatic carbocycles. The highest BCUT2D eigenvalue weighted by Gasteiger charge is 2.07. The lowest BCUT2D eigenvalue weighted by Gasteiger charge is -2.11. The van der Waals surface area contributed by atoms with Crippen molar-refractivity contribution < 1.29 is 4.74 Å². The second-order valence-electron chi connectivity index (χ2n) is 4.49. The molecule has 21 heavy (non-hydrogen) atoms. The average Bonchev–Trinajstić information content (AvgIpc) is 2.51. The number of benzene rings is 1. The quantitative estimate of drug-likeness (QED) is 0.779. The van der Waals surface area contributed by atoms with Gasteiger partial charge >= 0.3 is 0 Å². The fourth-order valence-corrected chi connectivity index (χ4v) is 2.28. The van der Waals surface area contributed by atoms with Crippen LogP contribution in [0.1, 0.15) is 13.3 Å². The van der Waals surface area contributed by atoms with Crippen molar-refractivity contribution in [2.45, 2.75) is 19.9 Å². The van der Waals surface area contributed by atoms with Crippen molar-refractivity contribution in [3.63, 3.8) is 0 Å². The smallest absolute Gasteiger partial charge is 0.283 e. The van der Waals surface area contributed by atoms with E-state index in [1.54, 1.807) is 6.20 Å². The topological polar surface area (TPSA) is 56.1 Å². The third-order valence-electron chi connectivity index (χ3n) is 2.85. The van der Waals surface area contributed by atoms with Gasteiger partial charge in [0.25, 0.3) is 5.56 Å². The zero-order chi connectivity index (χ0) is 15.1. The summed E-state index contributed by atoms with van der Waals surface area (Å²) < 4.78 is 7.54. The normalized spacial score (nSPS) is 10.4. The molecular weight excluding hydrogens is 334 g/mol. The van der Waals surface area contributed by atoms with Gasteiger partial charge in [-0.3, -0.25) is 4.79 Å². The number of rotatable bonds is 7. The van der Waals surface area contributed by atoms with Crippen LogP contribution >= 0.6 is 15.9 Å².